The van der Waals surface area contributed by atoms with Crippen LogP contribution in [0.15, 0.2) is 194 Å². The zero-order valence-corrected chi connectivity index (χ0v) is 31.8. The van der Waals surface area contributed by atoms with Gasteiger partial charge in [0.1, 0.15) is 0 Å². The monoisotopic (exact) mass is 748 g/mol. The van der Waals surface area contributed by atoms with Crippen LogP contribution in [0, 0.1) is 0 Å². The Morgan fingerprint density at radius 1 is 0.375 bits per heavy atom. The summed E-state index contributed by atoms with van der Waals surface area (Å²) < 4.78 is 7.64. The zero-order chi connectivity index (χ0) is 36.7. The van der Waals surface area contributed by atoms with Crippen molar-refractivity contribution in [3.05, 3.63) is 194 Å². The van der Waals surface area contributed by atoms with Crippen LogP contribution in [0.25, 0.3) is 89.7 Å². The van der Waals surface area contributed by atoms with E-state index in [0.717, 1.165) is 11.4 Å². The summed E-state index contributed by atoms with van der Waals surface area (Å²) in [5, 5.41) is 10.2. The predicted octanol–water partition coefficient (Wildman–Crippen LogP) is 15.8. The van der Waals surface area contributed by atoms with Crippen molar-refractivity contribution in [2.24, 2.45) is 0 Å². The van der Waals surface area contributed by atoms with Crippen LogP contribution >= 0.6 is 22.7 Å². The van der Waals surface area contributed by atoms with E-state index in [4.69, 9.17) is 0 Å². The second-order valence-corrected chi connectivity index (χ2v) is 16.6. The summed E-state index contributed by atoms with van der Waals surface area (Å²) in [6.07, 6.45) is 0. The number of aromatic nitrogens is 1. The van der Waals surface area contributed by atoms with E-state index in [1.165, 1.54) is 95.4 Å². The molecular weight excluding hydrogens is 717 g/mol. The summed E-state index contributed by atoms with van der Waals surface area (Å²) in [6, 6.07) is 71.5. The highest BCUT2D eigenvalue weighted by Crippen LogP contribution is 2.49. The summed E-state index contributed by atoms with van der Waals surface area (Å²) in [4.78, 5) is 2.47. The van der Waals surface area contributed by atoms with E-state index in [1.54, 1.807) is 0 Å². The fraction of sp³-hybridized carbons (Fsp3) is 0. The number of anilines is 3. The maximum Gasteiger partial charge on any atom is 0.0646 e. The Kier molecular flexibility index (Phi) is 7.00. The second-order valence-electron chi connectivity index (χ2n) is 14.5. The van der Waals surface area contributed by atoms with Crippen molar-refractivity contribution >= 4 is 113 Å². The van der Waals surface area contributed by atoms with Crippen LogP contribution in [-0.4, -0.2) is 4.57 Å². The fourth-order valence-corrected chi connectivity index (χ4v) is 11.1. The van der Waals surface area contributed by atoms with Gasteiger partial charge in [-0.25, -0.2) is 0 Å². The number of rotatable bonds is 5. The molecule has 0 bridgehead atoms. The molecule has 0 atom stereocenters. The first-order valence-corrected chi connectivity index (χ1v) is 20.6. The van der Waals surface area contributed by atoms with Crippen LogP contribution in [0.4, 0.5) is 17.1 Å². The van der Waals surface area contributed by atoms with Crippen LogP contribution in [0.2, 0.25) is 0 Å². The molecule has 3 aromatic heterocycles. The number of fused-ring (bicyclic) bond motifs is 11. The molecule has 4 heteroatoms. The molecule has 0 saturated heterocycles. The minimum atomic E-state index is 1.13. The molecule has 9 aromatic carbocycles. The SMILES string of the molecule is c1ccc(N(c2ccc3sc4ccccc4c3c2)c2cc(-c3ccc4c(c3)c3ccc5ccccc5c3n4-c3ccccc3)cc3c2sc2ccccc23)cc1. The number of hydrogen-bond donors (Lipinski definition) is 0. The van der Waals surface area contributed by atoms with Crippen LogP contribution in [0.5, 0.6) is 0 Å². The number of nitrogens with zero attached hydrogens (tertiary/aromatic N) is 2. The Morgan fingerprint density at radius 3 is 1.86 bits per heavy atom. The summed E-state index contributed by atoms with van der Waals surface area (Å²) >= 11 is 3.74. The Hall–Kier alpha value is -6.72. The number of para-hydroxylation sites is 2. The van der Waals surface area contributed by atoms with Gasteiger partial charge in [-0.2, -0.15) is 0 Å². The van der Waals surface area contributed by atoms with Gasteiger partial charge in [-0.05, 0) is 95.4 Å². The average Bonchev–Trinajstić information content (AvgIpc) is 3.94. The molecule has 56 heavy (non-hydrogen) atoms. The normalized spacial score (nSPS) is 11.9. The molecule has 0 aliphatic rings. The summed E-state index contributed by atoms with van der Waals surface area (Å²) in [5.41, 5.74) is 9.47. The molecule has 0 aliphatic heterocycles. The molecule has 0 amide bonds. The molecule has 0 aliphatic carbocycles. The molecule has 2 nitrogen and oxygen atoms in total. The van der Waals surface area contributed by atoms with E-state index >= 15 is 0 Å². The molecule has 12 rings (SSSR count). The van der Waals surface area contributed by atoms with Gasteiger partial charge >= 0.3 is 0 Å². The maximum atomic E-state index is 2.47. The quantitative estimate of drug-likeness (QED) is 0.170. The highest BCUT2D eigenvalue weighted by molar-refractivity contribution is 7.26. The van der Waals surface area contributed by atoms with Gasteiger partial charge in [-0.15, -0.1) is 22.7 Å². The van der Waals surface area contributed by atoms with Gasteiger partial charge in [0.2, 0.25) is 0 Å². The summed E-state index contributed by atoms with van der Waals surface area (Å²) in [7, 11) is 0. The lowest BCUT2D eigenvalue weighted by Gasteiger charge is -2.27. The Morgan fingerprint density at radius 2 is 1.04 bits per heavy atom. The van der Waals surface area contributed by atoms with Gasteiger partial charge in [0.25, 0.3) is 0 Å². The first-order valence-electron chi connectivity index (χ1n) is 19.0. The second kappa shape index (κ2) is 12.4. The smallest absolute Gasteiger partial charge is 0.0646 e. The van der Waals surface area contributed by atoms with Crippen molar-refractivity contribution in [1.82, 2.24) is 4.57 Å². The van der Waals surface area contributed by atoms with Crippen molar-refractivity contribution < 1.29 is 0 Å². The van der Waals surface area contributed by atoms with E-state index < -0.39 is 0 Å². The van der Waals surface area contributed by atoms with Crippen molar-refractivity contribution in [2.45, 2.75) is 0 Å². The summed E-state index contributed by atoms with van der Waals surface area (Å²) in [6.45, 7) is 0. The van der Waals surface area contributed by atoms with Crippen molar-refractivity contribution in [2.75, 3.05) is 4.90 Å². The van der Waals surface area contributed by atoms with Crippen LogP contribution < -0.4 is 4.90 Å². The third-order valence-electron chi connectivity index (χ3n) is 11.3. The average molecular weight is 749 g/mol. The van der Waals surface area contributed by atoms with Gasteiger partial charge in [-0.1, -0.05) is 115 Å². The van der Waals surface area contributed by atoms with Gasteiger partial charge in [-0.3, -0.25) is 0 Å². The first-order chi connectivity index (χ1) is 27.8. The van der Waals surface area contributed by atoms with Crippen LogP contribution in [-0.2, 0) is 0 Å². The molecule has 262 valence electrons. The third kappa shape index (κ3) is 4.80. The third-order valence-corrected chi connectivity index (χ3v) is 13.7. The van der Waals surface area contributed by atoms with Gasteiger partial charge in [0.05, 0.1) is 21.4 Å². The molecule has 3 heterocycles. The number of thiophene rings is 2. The maximum absolute atomic E-state index is 2.47. The summed E-state index contributed by atoms with van der Waals surface area (Å²) in [5.74, 6) is 0. The molecule has 0 radical (unpaired) electrons. The Bertz CT molecular complexity index is 3480. The topological polar surface area (TPSA) is 8.17 Å². The van der Waals surface area contributed by atoms with Crippen molar-refractivity contribution in [3.63, 3.8) is 0 Å². The van der Waals surface area contributed by atoms with E-state index in [9.17, 15) is 0 Å². The Labute approximate surface area is 331 Å². The van der Waals surface area contributed by atoms with Gasteiger partial charge in [0, 0.05) is 68.9 Å². The van der Waals surface area contributed by atoms with Crippen molar-refractivity contribution in [1.29, 1.82) is 0 Å². The van der Waals surface area contributed by atoms with E-state index in [-0.39, 0.29) is 0 Å². The Balaban J connectivity index is 1.14. The largest absolute Gasteiger partial charge is 0.309 e. The zero-order valence-electron chi connectivity index (χ0n) is 30.2. The molecule has 0 fully saturated rings. The lowest BCUT2D eigenvalue weighted by molar-refractivity contribution is 1.19. The molecule has 12 aromatic rings. The first kappa shape index (κ1) is 31.6. The van der Waals surface area contributed by atoms with Crippen LogP contribution in [0.3, 0.4) is 0 Å². The van der Waals surface area contributed by atoms with Crippen LogP contribution in [0.1, 0.15) is 0 Å². The highest BCUT2D eigenvalue weighted by atomic mass is 32.1. The number of hydrogen-bond acceptors (Lipinski definition) is 3. The van der Waals surface area contributed by atoms with E-state index in [1.807, 2.05) is 22.7 Å². The van der Waals surface area contributed by atoms with Gasteiger partial charge in [0.15, 0.2) is 0 Å². The lowest BCUT2D eigenvalue weighted by atomic mass is 9.98. The minimum Gasteiger partial charge on any atom is -0.309 e. The molecule has 0 N–H and O–H groups in total. The fourth-order valence-electron chi connectivity index (χ4n) is 8.80. The molecule has 0 spiro atoms. The number of benzene rings is 9. The van der Waals surface area contributed by atoms with E-state index in [2.05, 4.69) is 204 Å². The minimum absolute atomic E-state index is 1.13. The van der Waals surface area contributed by atoms with Gasteiger partial charge < -0.3 is 9.47 Å². The molecule has 0 saturated carbocycles. The highest BCUT2D eigenvalue weighted by Gasteiger charge is 2.22. The van der Waals surface area contributed by atoms with E-state index in [0.29, 0.717) is 0 Å². The lowest BCUT2D eigenvalue weighted by Crippen LogP contribution is -2.10. The van der Waals surface area contributed by atoms with Crippen molar-refractivity contribution in [3.8, 4) is 16.8 Å². The molecular formula is C52H32N2S2. The predicted molar refractivity (Wildman–Crippen MR) is 244 cm³/mol. The standard InChI is InChI=1S/C52H32N2S2/c1-3-14-36(15-4-1)53(38-25-28-50-44(32-38)40-19-9-11-21-48(40)55-50)47-31-35(30-45-41-20-10-12-22-49(41)56-52(45)47)34-24-27-46-43(29-34)42-26-23-33-13-7-8-18-39(33)51(42)54(46)37-16-5-2-6-17-37/h1-32H. The molecule has 0 unspecified atom stereocenters.